The highest BCUT2D eigenvalue weighted by Gasteiger charge is 2.16. The minimum Gasteiger partial charge on any atom is -0.384 e. The second-order valence-electron chi connectivity index (χ2n) is 3.38. The van der Waals surface area contributed by atoms with Gasteiger partial charge in [0.1, 0.15) is 5.82 Å². The molecule has 2 heterocycles. The molecule has 94 valence electrons. The van der Waals surface area contributed by atoms with E-state index in [4.69, 9.17) is 5.73 Å². The van der Waals surface area contributed by atoms with Gasteiger partial charge in [0.2, 0.25) is 0 Å². The summed E-state index contributed by atoms with van der Waals surface area (Å²) in [5.41, 5.74) is 5.21. The van der Waals surface area contributed by atoms with Crippen molar-refractivity contribution in [3.63, 3.8) is 0 Å². The molecule has 0 fully saturated rings. The maximum absolute atomic E-state index is 13.3. The van der Waals surface area contributed by atoms with Crippen molar-refractivity contribution in [2.24, 2.45) is 0 Å². The molecule has 0 spiro atoms. The average molecular weight is 268 g/mol. The third-order valence-corrected chi connectivity index (χ3v) is 3.44. The highest BCUT2D eigenvalue weighted by atomic mass is 32.2. The van der Waals surface area contributed by atoms with E-state index in [2.05, 4.69) is 14.7 Å². The highest BCUT2D eigenvalue weighted by molar-refractivity contribution is 7.92. The quantitative estimate of drug-likeness (QED) is 0.865. The number of hydrogen-bond acceptors (Lipinski definition) is 5. The van der Waals surface area contributed by atoms with Crippen LogP contribution in [0.4, 0.5) is 15.9 Å². The number of anilines is 2. The van der Waals surface area contributed by atoms with Crippen LogP contribution in [-0.4, -0.2) is 18.4 Å². The lowest BCUT2D eigenvalue weighted by Crippen LogP contribution is -2.14. The van der Waals surface area contributed by atoms with Crippen molar-refractivity contribution >= 4 is 21.5 Å². The monoisotopic (exact) mass is 268 g/mol. The number of pyridine rings is 2. The van der Waals surface area contributed by atoms with E-state index in [-0.39, 0.29) is 16.4 Å². The number of nitrogens with two attached hydrogens (primary N) is 1. The van der Waals surface area contributed by atoms with Crippen LogP contribution in [0.1, 0.15) is 0 Å². The van der Waals surface area contributed by atoms with Crippen LogP contribution >= 0.6 is 0 Å². The van der Waals surface area contributed by atoms with Gasteiger partial charge in [-0.3, -0.25) is 9.71 Å². The van der Waals surface area contributed by atoms with Gasteiger partial charge in [-0.25, -0.2) is 17.8 Å². The van der Waals surface area contributed by atoms with E-state index in [1.165, 1.54) is 30.6 Å². The van der Waals surface area contributed by atoms with E-state index in [1.54, 1.807) is 0 Å². The molecular weight excluding hydrogens is 259 g/mol. The lowest BCUT2D eigenvalue weighted by molar-refractivity contribution is 0.598. The molecule has 18 heavy (non-hydrogen) atoms. The summed E-state index contributed by atoms with van der Waals surface area (Å²) in [6, 6.07) is 3.66. The Kier molecular flexibility index (Phi) is 3.11. The number of halogens is 1. The molecule has 2 aromatic rings. The fourth-order valence-electron chi connectivity index (χ4n) is 1.26. The summed E-state index contributed by atoms with van der Waals surface area (Å²) in [4.78, 5) is 7.11. The van der Waals surface area contributed by atoms with Crippen LogP contribution in [-0.2, 0) is 10.0 Å². The van der Waals surface area contributed by atoms with Gasteiger partial charge in [0, 0.05) is 18.5 Å². The van der Waals surface area contributed by atoms with Gasteiger partial charge < -0.3 is 5.73 Å². The van der Waals surface area contributed by atoms with Crippen molar-refractivity contribution in [1.29, 1.82) is 0 Å². The predicted octanol–water partition coefficient (Wildman–Crippen LogP) is 0.999. The number of nitrogens with zero attached hydrogens (tertiary/aromatic N) is 2. The van der Waals surface area contributed by atoms with E-state index < -0.39 is 15.8 Å². The Hall–Kier alpha value is -2.22. The van der Waals surface area contributed by atoms with E-state index in [0.29, 0.717) is 0 Å². The molecule has 0 bridgehead atoms. The fraction of sp³-hybridized carbons (Fsp3) is 0. The largest absolute Gasteiger partial charge is 0.384 e. The molecule has 0 saturated heterocycles. The molecular formula is C10H9FN4O2S. The van der Waals surface area contributed by atoms with Gasteiger partial charge in [-0.15, -0.1) is 0 Å². The van der Waals surface area contributed by atoms with Gasteiger partial charge in [0.15, 0.2) is 5.82 Å². The Bertz CT molecular complexity index is 675. The zero-order valence-electron chi connectivity index (χ0n) is 9.04. The van der Waals surface area contributed by atoms with Crippen molar-refractivity contribution in [3.8, 4) is 0 Å². The zero-order chi connectivity index (χ0) is 13.2. The molecule has 0 atom stereocenters. The van der Waals surface area contributed by atoms with E-state index in [0.717, 1.165) is 6.20 Å². The molecule has 0 radical (unpaired) electrons. The van der Waals surface area contributed by atoms with Crippen LogP contribution in [0.5, 0.6) is 0 Å². The number of sulfonamides is 1. The highest BCUT2D eigenvalue weighted by Crippen LogP contribution is 2.18. The Morgan fingerprint density at radius 1 is 1.28 bits per heavy atom. The summed E-state index contributed by atoms with van der Waals surface area (Å²) in [6.07, 6.45) is 3.45. The number of nitrogen functional groups attached to an aromatic ring is 1. The minimum atomic E-state index is -3.90. The number of hydrogen-bond donors (Lipinski definition) is 2. The SMILES string of the molecule is Nc1cc(S(=O)(=O)Nc2ccncc2F)ccn1. The van der Waals surface area contributed by atoms with Crippen molar-refractivity contribution in [1.82, 2.24) is 9.97 Å². The molecule has 0 amide bonds. The van der Waals surface area contributed by atoms with Gasteiger partial charge in [-0.05, 0) is 12.1 Å². The van der Waals surface area contributed by atoms with Crippen molar-refractivity contribution in [2.45, 2.75) is 4.90 Å². The van der Waals surface area contributed by atoms with Crippen LogP contribution in [0, 0.1) is 5.82 Å². The Morgan fingerprint density at radius 3 is 2.72 bits per heavy atom. The summed E-state index contributed by atoms with van der Waals surface area (Å²) in [5.74, 6) is -0.698. The molecule has 0 aliphatic carbocycles. The first-order valence-electron chi connectivity index (χ1n) is 4.83. The van der Waals surface area contributed by atoms with E-state index in [9.17, 15) is 12.8 Å². The molecule has 0 aliphatic heterocycles. The van der Waals surface area contributed by atoms with Gasteiger partial charge in [0.05, 0.1) is 16.8 Å². The average Bonchev–Trinajstić information content (AvgIpc) is 2.32. The summed E-state index contributed by atoms with van der Waals surface area (Å²) < 4.78 is 39.2. The van der Waals surface area contributed by atoms with Crippen LogP contribution in [0.2, 0.25) is 0 Å². The van der Waals surface area contributed by atoms with E-state index in [1.807, 2.05) is 0 Å². The number of rotatable bonds is 3. The van der Waals surface area contributed by atoms with Crippen LogP contribution in [0.25, 0.3) is 0 Å². The first-order valence-corrected chi connectivity index (χ1v) is 6.31. The smallest absolute Gasteiger partial charge is 0.262 e. The molecule has 0 saturated carbocycles. The first-order chi connectivity index (χ1) is 8.49. The normalized spacial score (nSPS) is 11.2. The summed E-state index contributed by atoms with van der Waals surface area (Å²) in [6.45, 7) is 0. The zero-order valence-corrected chi connectivity index (χ0v) is 9.86. The maximum Gasteiger partial charge on any atom is 0.262 e. The molecule has 8 heteroatoms. The van der Waals surface area contributed by atoms with E-state index >= 15 is 0 Å². The van der Waals surface area contributed by atoms with Crippen LogP contribution in [0.3, 0.4) is 0 Å². The molecule has 6 nitrogen and oxygen atoms in total. The summed E-state index contributed by atoms with van der Waals surface area (Å²) in [7, 11) is -3.90. The third kappa shape index (κ3) is 2.54. The second-order valence-corrected chi connectivity index (χ2v) is 5.06. The predicted molar refractivity (Wildman–Crippen MR) is 63.7 cm³/mol. The molecule has 2 rings (SSSR count). The topological polar surface area (TPSA) is 98.0 Å². The molecule has 3 N–H and O–H groups in total. The van der Waals surface area contributed by atoms with Crippen molar-refractivity contribution < 1.29 is 12.8 Å². The number of nitrogens with one attached hydrogen (secondary N) is 1. The minimum absolute atomic E-state index is 0.0630. The van der Waals surface area contributed by atoms with Crippen LogP contribution in [0.15, 0.2) is 41.7 Å². The van der Waals surface area contributed by atoms with Gasteiger partial charge in [0.25, 0.3) is 10.0 Å². The first kappa shape index (κ1) is 12.2. The Labute approximate surface area is 103 Å². The number of aromatic nitrogens is 2. The lowest BCUT2D eigenvalue weighted by Gasteiger charge is -2.08. The summed E-state index contributed by atoms with van der Waals surface area (Å²) >= 11 is 0. The Balaban J connectivity index is 2.37. The fourth-order valence-corrected chi connectivity index (χ4v) is 2.35. The Morgan fingerprint density at radius 2 is 2.06 bits per heavy atom. The van der Waals surface area contributed by atoms with Gasteiger partial charge >= 0.3 is 0 Å². The molecule has 2 aromatic heterocycles. The lowest BCUT2D eigenvalue weighted by atomic mass is 10.4. The molecule has 0 aromatic carbocycles. The van der Waals surface area contributed by atoms with Crippen molar-refractivity contribution in [2.75, 3.05) is 10.5 Å². The third-order valence-electron chi connectivity index (χ3n) is 2.08. The second kappa shape index (κ2) is 4.57. The molecule has 0 aliphatic rings. The van der Waals surface area contributed by atoms with Gasteiger partial charge in [-0.2, -0.15) is 0 Å². The standard InChI is InChI=1S/C10H9FN4O2S/c11-8-6-13-3-2-9(8)15-18(16,17)7-1-4-14-10(12)5-7/h1-6H,(H2,12,14)(H,13,15). The summed E-state index contributed by atoms with van der Waals surface area (Å²) in [5, 5.41) is 0. The van der Waals surface area contributed by atoms with Crippen molar-refractivity contribution in [3.05, 3.63) is 42.6 Å². The van der Waals surface area contributed by atoms with Gasteiger partial charge in [-0.1, -0.05) is 0 Å². The molecule has 0 unspecified atom stereocenters. The van der Waals surface area contributed by atoms with Crippen LogP contribution < -0.4 is 10.5 Å². The maximum atomic E-state index is 13.3.